The monoisotopic (exact) mass is 234 g/mol. The van der Waals surface area contributed by atoms with Gasteiger partial charge in [-0.15, -0.1) is 0 Å². The number of hydrogen-bond acceptors (Lipinski definition) is 2. The van der Waals surface area contributed by atoms with Crippen molar-refractivity contribution in [3.63, 3.8) is 0 Å². The third-order valence-electron chi connectivity index (χ3n) is 2.71. The molecule has 0 unspecified atom stereocenters. The maximum atomic E-state index is 13.1. The average molecular weight is 234 g/mol. The third-order valence-corrected chi connectivity index (χ3v) is 2.71. The quantitative estimate of drug-likeness (QED) is 0.813. The molecule has 2 aromatic rings. The molecule has 0 atom stereocenters. The van der Waals surface area contributed by atoms with E-state index in [1.165, 1.54) is 12.1 Å². The van der Waals surface area contributed by atoms with E-state index < -0.39 is 0 Å². The molecular weight excluding hydrogens is 219 g/mol. The predicted molar refractivity (Wildman–Crippen MR) is 63.3 cm³/mol. The lowest BCUT2D eigenvalue weighted by Gasteiger charge is -2.10. The largest absolute Gasteiger partial charge is 0.487 e. The summed E-state index contributed by atoms with van der Waals surface area (Å²) in [5, 5.41) is 4.05. The van der Waals surface area contributed by atoms with Crippen LogP contribution in [0.2, 0.25) is 0 Å². The highest BCUT2D eigenvalue weighted by Gasteiger charge is 2.05. The summed E-state index contributed by atoms with van der Waals surface area (Å²) < 4.78 is 20.5. The summed E-state index contributed by atoms with van der Waals surface area (Å²) in [7, 11) is 1.85. The normalized spacial score (nSPS) is 10.5. The van der Waals surface area contributed by atoms with Crippen molar-refractivity contribution in [1.29, 1.82) is 0 Å². The van der Waals surface area contributed by atoms with Gasteiger partial charge in [-0.25, -0.2) is 4.39 Å². The molecule has 3 nitrogen and oxygen atoms in total. The molecule has 4 heteroatoms. The molecule has 2 rings (SSSR count). The Morgan fingerprint density at radius 3 is 2.82 bits per heavy atom. The standard InChI is InChI=1S/C13H15FN2O/c1-3-10-4-5-11(14)8-13(10)17-9-12-6-7-15-16(12)2/h4-8H,3,9H2,1-2H3. The molecule has 17 heavy (non-hydrogen) atoms. The van der Waals surface area contributed by atoms with Crippen molar-refractivity contribution in [3.05, 3.63) is 47.5 Å². The van der Waals surface area contributed by atoms with Crippen LogP contribution in [0.5, 0.6) is 5.75 Å². The van der Waals surface area contributed by atoms with Crippen molar-refractivity contribution in [3.8, 4) is 5.75 Å². The first-order chi connectivity index (χ1) is 8.20. The Labute approximate surface area is 99.8 Å². The van der Waals surface area contributed by atoms with Crippen LogP contribution in [0.3, 0.4) is 0 Å². The fraction of sp³-hybridized carbons (Fsp3) is 0.308. The van der Waals surface area contributed by atoms with Crippen molar-refractivity contribution in [2.24, 2.45) is 7.05 Å². The number of nitrogens with zero attached hydrogens (tertiary/aromatic N) is 2. The van der Waals surface area contributed by atoms with Gasteiger partial charge in [-0.3, -0.25) is 4.68 Å². The highest BCUT2D eigenvalue weighted by molar-refractivity contribution is 5.34. The van der Waals surface area contributed by atoms with Gasteiger partial charge in [0.25, 0.3) is 0 Å². The maximum Gasteiger partial charge on any atom is 0.130 e. The molecule has 0 N–H and O–H groups in total. The van der Waals surface area contributed by atoms with E-state index in [0.717, 1.165) is 17.7 Å². The Balaban J connectivity index is 2.13. The molecule has 90 valence electrons. The van der Waals surface area contributed by atoms with Crippen molar-refractivity contribution < 1.29 is 9.13 Å². The summed E-state index contributed by atoms with van der Waals surface area (Å²) in [6.07, 6.45) is 2.53. The second-order valence-corrected chi connectivity index (χ2v) is 3.84. The van der Waals surface area contributed by atoms with E-state index >= 15 is 0 Å². The van der Waals surface area contributed by atoms with Gasteiger partial charge in [-0.1, -0.05) is 13.0 Å². The fourth-order valence-electron chi connectivity index (χ4n) is 1.65. The Morgan fingerprint density at radius 1 is 1.35 bits per heavy atom. The highest BCUT2D eigenvalue weighted by atomic mass is 19.1. The summed E-state index contributed by atoms with van der Waals surface area (Å²) in [6, 6.07) is 6.52. The van der Waals surface area contributed by atoms with Crippen molar-refractivity contribution in [1.82, 2.24) is 9.78 Å². The van der Waals surface area contributed by atoms with E-state index in [1.54, 1.807) is 16.9 Å². The van der Waals surface area contributed by atoms with Crippen LogP contribution in [0.15, 0.2) is 30.5 Å². The number of rotatable bonds is 4. The summed E-state index contributed by atoms with van der Waals surface area (Å²) in [5.74, 6) is 0.330. The van der Waals surface area contributed by atoms with Crippen molar-refractivity contribution in [2.75, 3.05) is 0 Å². The molecule has 0 saturated heterocycles. The van der Waals surface area contributed by atoms with E-state index in [9.17, 15) is 4.39 Å². The van der Waals surface area contributed by atoms with Gasteiger partial charge in [0.1, 0.15) is 18.2 Å². The van der Waals surface area contributed by atoms with Gasteiger partial charge < -0.3 is 4.74 Å². The summed E-state index contributed by atoms with van der Waals surface area (Å²) in [5.41, 5.74) is 1.96. The summed E-state index contributed by atoms with van der Waals surface area (Å²) >= 11 is 0. The lowest BCUT2D eigenvalue weighted by Crippen LogP contribution is -2.04. The number of halogens is 1. The summed E-state index contributed by atoms with van der Waals surface area (Å²) in [4.78, 5) is 0. The predicted octanol–water partition coefficient (Wildman–Crippen LogP) is 2.70. The molecular formula is C13H15FN2O. The van der Waals surface area contributed by atoms with E-state index in [1.807, 2.05) is 20.0 Å². The highest BCUT2D eigenvalue weighted by Crippen LogP contribution is 2.21. The zero-order chi connectivity index (χ0) is 12.3. The minimum absolute atomic E-state index is 0.276. The number of ether oxygens (including phenoxy) is 1. The number of hydrogen-bond donors (Lipinski definition) is 0. The van der Waals surface area contributed by atoms with Gasteiger partial charge in [-0.2, -0.15) is 5.10 Å². The molecule has 0 saturated carbocycles. The molecule has 1 heterocycles. The van der Waals surface area contributed by atoms with Gasteiger partial charge >= 0.3 is 0 Å². The Hall–Kier alpha value is -1.84. The van der Waals surface area contributed by atoms with Crippen LogP contribution in [0.25, 0.3) is 0 Å². The zero-order valence-electron chi connectivity index (χ0n) is 9.98. The molecule has 1 aromatic carbocycles. The maximum absolute atomic E-state index is 13.1. The van der Waals surface area contributed by atoms with Gasteiger partial charge in [0.05, 0.1) is 5.69 Å². The van der Waals surface area contributed by atoms with Crippen LogP contribution >= 0.6 is 0 Å². The number of aryl methyl sites for hydroxylation is 2. The lowest BCUT2D eigenvalue weighted by molar-refractivity contribution is 0.290. The Kier molecular flexibility index (Phi) is 3.42. The van der Waals surface area contributed by atoms with Crippen LogP contribution in [-0.2, 0) is 20.1 Å². The minimum atomic E-state index is -0.276. The van der Waals surface area contributed by atoms with E-state index in [0.29, 0.717) is 12.4 Å². The fourth-order valence-corrected chi connectivity index (χ4v) is 1.65. The molecule has 0 spiro atoms. The minimum Gasteiger partial charge on any atom is -0.487 e. The van der Waals surface area contributed by atoms with Crippen LogP contribution in [0.4, 0.5) is 4.39 Å². The van der Waals surface area contributed by atoms with Crippen molar-refractivity contribution >= 4 is 0 Å². The van der Waals surface area contributed by atoms with Crippen LogP contribution in [0.1, 0.15) is 18.2 Å². The summed E-state index contributed by atoms with van der Waals surface area (Å²) in [6.45, 7) is 2.41. The molecule has 0 aliphatic rings. The molecule has 1 aromatic heterocycles. The van der Waals surface area contributed by atoms with Crippen LogP contribution < -0.4 is 4.74 Å². The van der Waals surface area contributed by atoms with Gasteiger partial charge in [0.15, 0.2) is 0 Å². The SMILES string of the molecule is CCc1ccc(F)cc1OCc1ccnn1C. The van der Waals surface area contributed by atoms with E-state index in [-0.39, 0.29) is 5.82 Å². The molecule has 0 bridgehead atoms. The molecule has 0 aliphatic carbocycles. The third kappa shape index (κ3) is 2.64. The van der Waals surface area contributed by atoms with Crippen molar-refractivity contribution in [2.45, 2.75) is 20.0 Å². The Morgan fingerprint density at radius 2 is 2.18 bits per heavy atom. The van der Waals surface area contributed by atoms with Crippen LogP contribution in [0, 0.1) is 5.82 Å². The van der Waals surface area contributed by atoms with Gasteiger partial charge in [-0.05, 0) is 24.1 Å². The van der Waals surface area contributed by atoms with E-state index in [4.69, 9.17) is 4.74 Å². The zero-order valence-corrected chi connectivity index (χ0v) is 9.98. The molecule has 0 radical (unpaired) electrons. The molecule has 0 aliphatic heterocycles. The van der Waals surface area contributed by atoms with Gasteiger partial charge in [0.2, 0.25) is 0 Å². The smallest absolute Gasteiger partial charge is 0.130 e. The molecule has 0 amide bonds. The van der Waals surface area contributed by atoms with Crippen LogP contribution in [-0.4, -0.2) is 9.78 Å². The first kappa shape index (κ1) is 11.6. The second-order valence-electron chi connectivity index (χ2n) is 3.84. The Bertz CT molecular complexity index is 508. The number of aromatic nitrogens is 2. The molecule has 0 fully saturated rings. The van der Waals surface area contributed by atoms with Gasteiger partial charge in [0, 0.05) is 19.3 Å². The lowest BCUT2D eigenvalue weighted by atomic mass is 10.1. The van der Waals surface area contributed by atoms with E-state index in [2.05, 4.69) is 5.10 Å². The first-order valence-corrected chi connectivity index (χ1v) is 5.59. The average Bonchev–Trinajstić information content (AvgIpc) is 2.72. The number of benzene rings is 1. The second kappa shape index (κ2) is 4.99. The topological polar surface area (TPSA) is 27.1 Å². The first-order valence-electron chi connectivity index (χ1n) is 5.59.